The van der Waals surface area contributed by atoms with Crippen LogP contribution in [0.1, 0.15) is 0 Å². The van der Waals surface area contributed by atoms with E-state index in [9.17, 15) is 39.6 Å². The molecule has 0 saturated heterocycles. The summed E-state index contributed by atoms with van der Waals surface area (Å²) in [7, 11) is 2.12. The molecular weight excluding hydrogens is 332 g/mol. The molecule has 0 saturated carbocycles. The molecule has 0 aromatic heterocycles. The first-order valence-corrected chi connectivity index (χ1v) is 6.57. The van der Waals surface area contributed by atoms with Crippen LogP contribution in [0.4, 0.5) is 0 Å². The lowest BCUT2D eigenvalue weighted by Crippen LogP contribution is -2.55. The molecule has 0 fully saturated rings. The number of ether oxygens (including phenoxy) is 2. The first-order chi connectivity index (χ1) is 11.1. The number of aliphatic hydroxyl groups is 4. The molecular formula is C12H20N2O10. The molecule has 12 nitrogen and oxygen atoms in total. The Morgan fingerprint density at radius 2 is 1.04 bits per heavy atom. The normalized spacial score (nSPS) is 15.4. The van der Waals surface area contributed by atoms with E-state index < -0.39 is 61.3 Å². The second-order valence-electron chi connectivity index (χ2n) is 4.46. The standard InChI is InChI=1S/C12H20N2O10/c1-23-5(15)3-13-11(21)9(19)7(17)8(18)10(20)12(22)14-4-6(16)24-2/h7-10,17-20H,3-4H2,1-2H3,(H,13,21)(H,14,22)/t7-,8-,9-,10+/m0/s1. The van der Waals surface area contributed by atoms with Crippen molar-refractivity contribution >= 4 is 23.8 Å². The van der Waals surface area contributed by atoms with Crippen LogP contribution in [0.3, 0.4) is 0 Å². The number of carbonyl (C=O) groups is 4. The van der Waals surface area contributed by atoms with E-state index in [1.165, 1.54) is 0 Å². The van der Waals surface area contributed by atoms with Gasteiger partial charge in [-0.1, -0.05) is 0 Å². The smallest absolute Gasteiger partial charge is 0.325 e. The molecule has 0 aromatic carbocycles. The molecule has 2 amide bonds. The topological polar surface area (TPSA) is 192 Å². The second-order valence-corrected chi connectivity index (χ2v) is 4.46. The van der Waals surface area contributed by atoms with Gasteiger partial charge in [-0.2, -0.15) is 0 Å². The van der Waals surface area contributed by atoms with Crippen molar-refractivity contribution in [1.82, 2.24) is 10.6 Å². The van der Waals surface area contributed by atoms with E-state index in [-0.39, 0.29) is 0 Å². The lowest BCUT2D eigenvalue weighted by atomic mass is 10.0. The highest BCUT2D eigenvalue weighted by atomic mass is 16.5. The summed E-state index contributed by atoms with van der Waals surface area (Å²) in [5.41, 5.74) is 0. The molecule has 24 heavy (non-hydrogen) atoms. The maximum Gasteiger partial charge on any atom is 0.325 e. The molecule has 0 heterocycles. The SMILES string of the molecule is COC(=O)CNC(=O)[C@@H](O)[C@@H](O)[C@H](O)[C@@H](O)C(=O)NCC(=O)OC. The van der Waals surface area contributed by atoms with Gasteiger partial charge in [0, 0.05) is 0 Å². The Morgan fingerprint density at radius 3 is 1.29 bits per heavy atom. The first-order valence-electron chi connectivity index (χ1n) is 6.57. The second kappa shape index (κ2) is 10.5. The highest BCUT2D eigenvalue weighted by molar-refractivity contribution is 5.86. The maximum atomic E-state index is 11.5. The lowest BCUT2D eigenvalue weighted by molar-refractivity contribution is -0.157. The summed E-state index contributed by atoms with van der Waals surface area (Å²) in [6.45, 7) is -1.20. The number of aliphatic hydroxyl groups excluding tert-OH is 4. The van der Waals surface area contributed by atoms with Crippen LogP contribution in [0, 0.1) is 0 Å². The molecule has 0 radical (unpaired) electrons. The van der Waals surface area contributed by atoms with Crippen molar-refractivity contribution in [2.45, 2.75) is 24.4 Å². The summed E-state index contributed by atoms with van der Waals surface area (Å²) in [6.07, 6.45) is -8.98. The van der Waals surface area contributed by atoms with Gasteiger partial charge in [0.05, 0.1) is 14.2 Å². The van der Waals surface area contributed by atoms with Gasteiger partial charge in [0.1, 0.15) is 25.3 Å². The van der Waals surface area contributed by atoms with Gasteiger partial charge in [0.25, 0.3) is 11.8 Å². The number of amides is 2. The molecule has 0 rings (SSSR count). The number of rotatable bonds is 9. The van der Waals surface area contributed by atoms with E-state index in [0.29, 0.717) is 0 Å². The van der Waals surface area contributed by atoms with Crippen molar-refractivity contribution in [1.29, 1.82) is 0 Å². The maximum absolute atomic E-state index is 11.5. The van der Waals surface area contributed by atoms with Gasteiger partial charge in [-0.25, -0.2) is 0 Å². The zero-order valence-corrected chi connectivity index (χ0v) is 13.0. The molecule has 0 aliphatic carbocycles. The summed E-state index contributed by atoms with van der Waals surface area (Å²) in [6, 6.07) is 0. The van der Waals surface area contributed by atoms with E-state index in [4.69, 9.17) is 0 Å². The van der Waals surface area contributed by atoms with Gasteiger partial charge in [-0.05, 0) is 0 Å². The molecule has 6 N–H and O–H groups in total. The Hall–Kier alpha value is -2.28. The van der Waals surface area contributed by atoms with Crippen molar-refractivity contribution < 1.29 is 49.1 Å². The number of hydrogen-bond donors (Lipinski definition) is 6. The van der Waals surface area contributed by atoms with Crippen LogP contribution in [0.5, 0.6) is 0 Å². The number of esters is 2. The zero-order valence-electron chi connectivity index (χ0n) is 13.0. The molecule has 138 valence electrons. The number of carbonyl (C=O) groups excluding carboxylic acids is 4. The molecule has 12 heteroatoms. The van der Waals surface area contributed by atoms with Crippen LogP contribution in [0.25, 0.3) is 0 Å². The van der Waals surface area contributed by atoms with Crippen LogP contribution in [0.2, 0.25) is 0 Å². The summed E-state index contributed by atoms with van der Waals surface area (Å²) in [5, 5.41) is 42.1. The summed E-state index contributed by atoms with van der Waals surface area (Å²) >= 11 is 0. The molecule has 0 bridgehead atoms. The van der Waals surface area contributed by atoms with Crippen molar-refractivity contribution in [2.75, 3.05) is 27.3 Å². The van der Waals surface area contributed by atoms with Crippen LogP contribution < -0.4 is 10.6 Å². The van der Waals surface area contributed by atoms with Gasteiger partial charge in [-0.3, -0.25) is 19.2 Å². The average Bonchev–Trinajstić information content (AvgIpc) is 2.60. The molecule has 0 spiro atoms. The Morgan fingerprint density at radius 1 is 0.750 bits per heavy atom. The number of nitrogens with one attached hydrogen (secondary N) is 2. The zero-order chi connectivity index (χ0) is 18.9. The van der Waals surface area contributed by atoms with Crippen molar-refractivity contribution in [3.63, 3.8) is 0 Å². The third-order valence-electron chi connectivity index (χ3n) is 2.80. The Labute approximate surface area is 136 Å². The Bertz CT molecular complexity index is 427. The van der Waals surface area contributed by atoms with Gasteiger partial charge < -0.3 is 40.5 Å². The molecule has 4 atom stereocenters. The minimum Gasteiger partial charge on any atom is -0.468 e. The van der Waals surface area contributed by atoms with E-state index in [2.05, 4.69) is 9.47 Å². The highest BCUT2D eigenvalue weighted by Gasteiger charge is 2.37. The highest BCUT2D eigenvalue weighted by Crippen LogP contribution is 2.06. The predicted molar refractivity (Wildman–Crippen MR) is 74.1 cm³/mol. The third kappa shape index (κ3) is 6.87. The minimum atomic E-state index is -2.25. The van der Waals surface area contributed by atoms with Crippen LogP contribution >= 0.6 is 0 Å². The number of methoxy groups -OCH3 is 2. The fourth-order valence-corrected chi connectivity index (χ4v) is 1.36. The molecule has 0 aliphatic heterocycles. The molecule has 0 unspecified atom stereocenters. The lowest BCUT2D eigenvalue weighted by Gasteiger charge is -2.25. The van der Waals surface area contributed by atoms with Crippen molar-refractivity contribution in [2.24, 2.45) is 0 Å². The molecule has 0 aliphatic rings. The van der Waals surface area contributed by atoms with Gasteiger partial charge in [0.15, 0.2) is 12.2 Å². The average molecular weight is 352 g/mol. The van der Waals surface area contributed by atoms with Crippen molar-refractivity contribution in [3.8, 4) is 0 Å². The summed E-state index contributed by atoms with van der Waals surface area (Å²) in [4.78, 5) is 44.6. The van der Waals surface area contributed by atoms with Gasteiger partial charge in [-0.15, -0.1) is 0 Å². The van der Waals surface area contributed by atoms with Crippen LogP contribution in [-0.4, -0.2) is 95.9 Å². The van der Waals surface area contributed by atoms with Crippen LogP contribution in [0.15, 0.2) is 0 Å². The van der Waals surface area contributed by atoms with E-state index in [0.717, 1.165) is 14.2 Å². The van der Waals surface area contributed by atoms with Crippen LogP contribution in [-0.2, 0) is 28.7 Å². The fraction of sp³-hybridized carbons (Fsp3) is 0.667. The minimum absolute atomic E-state index is 0.600. The Kier molecular flexibility index (Phi) is 9.49. The van der Waals surface area contributed by atoms with E-state index in [1.54, 1.807) is 0 Å². The van der Waals surface area contributed by atoms with E-state index in [1.807, 2.05) is 10.6 Å². The quantitative estimate of drug-likeness (QED) is 0.219. The third-order valence-corrected chi connectivity index (χ3v) is 2.80. The summed E-state index contributed by atoms with van der Waals surface area (Å²) in [5.74, 6) is -4.14. The largest absolute Gasteiger partial charge is 0.468 e. The monoisotopic (exact) mass is 352 g/mol. The van der Waals surface area contributed by atoms with Gasteiger partial charge in [0.2, 0.25) is 0 Å². The van der Waals surface area contributed by atoms with Crippen molar-refractivity contribution in [3.05, 3.63) is 0 Å². The summed E-state index contributed by atoms with van der Waals surface area (Å²) < 4.78 is 8.47. The van der Waals surface area contributed by atoms with E-state index >= 15 is 0 Å². The number of hydrogen-bond acceptors (Lipinski definition) is 10. The fourth-order valence-electron chi connectivity index (χ4n) is 1.36. The first kappa shape index (κ1) is 21.7. The molecule has 0 aromatic rings. The Balaban J connectivity index is 4.57. The predicted octanol–water partition coefficient (Wildman–Crippen LogP) is -4.99. The van der Waals surface area contributed by atoms with Gasteiger partial charge >= 0.3 is 11.9 Å².